The quantitative estimate of drug-likeness (QED) is 0.345. The van der Waals surface area contributed by atoms with Gasteiger partial charge in [0.25, 0.3) is 0 Å². The van der Waals surface area contributed by atoms with Crippen molar-refractivity contribution >= 4 is 10.8 Å². The molecular formula is C26H28. The summed E-state index contributed by atoms with van der Waals surface area (Å²) >= 11 is 0. The van der Waals surface area contributed by atoms with Gasteiger partial charge < -0.3 is 0 Å². The highest BCUT2D eigenvalue weighted by molar-refractivity contribution is 5.96. The van der Waals surface area contributed by atoms with Gasteiger partial charge in [-0.1, -0.05) is 118 Å². The van der Waals surface area contributed by atoms with Crippen molar-refractivity contribution in [1.82, 2.24) is 0 Å². The average molecular weight is 341 g/mol. The summed E-state index contributed by atoms with van der Waals surface area (Å²) in [6, 6.07) is 32.6. The van der Waals surface area contributed by atoms with Crippen LogP contribution in [-0.4, -0.2) is 0 Å². The first-order valence-electron chi connectivity index (χ1n) is 8.96. The Morgan fingerprint density at radius 1 is 0.500 bits per heavy atom. The van der Waals surface area contributed by atoms with Gasteiger partial charge in [-0.2, -0.15) is 0 Å². The molecule has 0 aliphatic rings. The maximum atomic E-state index is 2.22. The van der Waals surface area contributed by atoms with E-state index in [2.05, 4.69) is 97.9 Å². The third kappa shape index (κ3) is 4.03. The summed E-state index contributed by atoms with van der Waals surface area (Å²) in [7, 11) is 0. The molecule has 0 aliphatic heterocycles. The summed E-state index contributed by atoms with van der Waals surface area (Å²) in [4.78, 5) is 0. The molecule has 26 heavy (non-hydrogen) atoms. The molecule has 0 spiro atoms. The van der Waals surface area contributed by atoms with E-state index in [-0.39, 0.29) is 7.43 Å². The molecule has 0 saturated carbocycles. The monoisotopic (exact) mass is 340 g/mol. The van der Waals surface area contributed by atoms with Gasteiger partial charge >= 0.3 is 0 Å². The summed E-state index contributed by atoms with van der Waals surface area (Å²) < 4.78 is 0. The lowest BCUT2D eigenvalue weighted by Crippen LogP contribution is -1.83. The van der Waals surface area contributed by atoms with Crippen LogP contribution in [0.5, 0.6) is 0 Å². The molecule has 0 aliphatic carbocycles. The molecule has 0 atom stereocenters. The van der Waals surface area contributed by atoms with Crippen molar-refractivity contribution < 1.29 is 0 Å². The van der Waals surface area contributed by atoms with Crippen LogP contribution in [0.2, 0.25) is 0 Å². The van der Waals surface area contributed by atoms with Crippen LogP contribution in [0.25, 0.3) is 33.0 Å². The fourth-order valence-corrected chi connectivity index (χ4v) is 3.07. The van der Waals surface area contributed by atoms with Crippen LogP contribution in [-0.2, 0) is 0 Å². The first-order valence-corrected chi connectivity index (χ1v) is 8.96. The largest absolute Gasteiger partial charge is 0.0776 e. The molecule has 0 heteroatoms. The lowest BCUT2D eigenvalue weighted by Gasteiger charge is -2.08. The summed E-state index contributed by atoms with van der Waals surface area (Å²) in [5, 5.41) is 2.59. The molecule has 0 aromatic heterocycles. The second kappa shape index (κ2) is 9.01. The van der Waals surface area contributed by atoms with E-state index in [1.165, 1.54) is 38.6 Å². The summed E-state index contributed by atoms with van der Waals surface area (Å²) in [6.45, 7) is 6.12. The van der Waals surface area contributed by atoms with Crippen LogP contribution in [0, 0.1) is 6.92 Å². The average Bonchev–Trinajstić information content (AvgIpc) is 2.70. The Kier molecular flexibility index (Phi) is 6.74. The fraction of sp³-hybridized carbons (Fsp3) is 0.154. The zero-order valence-electron chi connectivity index (χ0n) is 15.2. The Hall–Kier alpha value is -2.86. The minimum Gasteiger partial charge on any atom is -0.0776 e. The zero-order chi connectivity index (χ0) is 17.6. The Morgan fingerprint density at radius 3 is 1.65 bits per heavy atom. The Bertz CT molecular complexity index is 940. The molecular weight excluding hydrogens is 312 g/mol. The SMILES string of the molecule is C.CC.Cc1ccc(-c2ccc(-c3cccc4ccccc34)cc2)cc1. The highest BCUT2D eigenvalue weighted by Gasteiger charge is 2.04. The van der Waals surface area contributed by atoms with Crippen molar-refractivity contribution in [3.8, 4) is 22.3 Å². The maximum Gasteiger partial charge on any atom is -0.0105 e. The highest BCUT2D eigenvalue weighted by Crippen LogP contribution is 2.30. The van der Waals surface area contributed by atoms with E-state index in [0.29, 0.717) is 0 Å². The van der Waals surface area contributed by atoms with Gasteiger partial charge in [-0.3, -0.25) is 0 Å². The van der Waals surface area contributed by atoms with Crippen molar-refractivity contribution in [2.24, 2.45) is 0 Å². The third-order valence-corrected chi connectivity index (χ3v) is 4.37. The van der Waals surface area contributed by atoms with Crippen LogP contribution in [0.1, 0.15) is 26.8 Å². The Balaban J connectivity index is 0.000000784. The lowest BCUT2D eigenvalue weighted by molar-refractivity contribution is 1.47. The Labute approximate surface area is 158 Å². The molecule has 0 radical (unpaired) electrons. The number of benzene rings is 4. The lowest BCUT2D eigenvalue weighted by atomic mass is 9.96. The molecule has 4 aromatic carbocycles. The standard InChI is InChI=1S/C23H18.C2H6.CH4/c1-17-9-11-18(12-10-17)19-13-15-21(16-14-19)23-8-4-6-20-5-2-3-7-22(20)23;1-2;/h2-16H,1H3;1-2H3;1H4. The first kappa shape index (κ1) is 19.5. The minimum absolute atomic E-state index is 0. The number of hydrogen-bond donors (Lipinski definition) is 0. The topological polar surface area (TPSA) is 0 Å². The van der Waals surface area contributed by atoms with Crippen LogP contribution >= 0.6 is 0 Å². The van der Waals surface area contributed by atoms with Gasteiger partial charge in [0.15, 0.2) is 0 Å². The fourth-order valence-electron chi connectivity index (χ4n) is 3.07. The van der Waals surface area contributed by atoms with E-state index < -0.39 is 0 Å². The minimum atomic E-state index is 0. The van der Waals surface area contributed by atoms with Gasteiger partial charge in [0.05, 0.1) is 0 Å². The molecule has 0 heterocycles. The first-order chi connectivity index (χ1) is 12.3. The van der Waals surface area contributed by atoms with Gasteiger partial charge in [0.2, 0.25) is 0 Å². The van der Waals surface area contributed by atoms with Crippen LogP contribution in [0.4, 0.5) is 0 Å². The molecule has 0 fully saturated rings. The summed E-state index contributed by atoms with van der Waals surface area (Å²) in [5.41, 5.74) is 6.37. The molecule has 0 bridgehead atoms. The van der Waals surface area contributed by atoms with Gasteiger partial charge in [0.1, 0.15) is 0 Å². The van der Waals surface area contributed by atoms with Gasteiger partial charge in [-0.25, -0.2) is 0 Å². The number of aryl methyl sites for hydroxylation is 1. The zero-order valence-corrected chi connectivity index (χ0v) is 15.2. The second-order valence-corrected chi connectivity index (χ2v) is 5.97. The number of hydrogen-bond acceptors (Lipinski definition) is 0. The molecule has 0 saturated heterocycles. The van der Waals surface area contributed by atoms with E-state index >= 15 is 0 Å². The van der Waals surface area contributed by atoms with Gasteiger partial charge in [-0.05, 0) is 39.9 Å². The van der Waals surface area contributed by atoms with Crippen molar-refractivity contribution in [3.05, 3.63) is 96.6 Å². The van der Waals surface area contributed by atoms with Crippen molar-refractivity contribution in [3.63, 3.8) is 0 Å². The molecule has 132 valence electrons. The number of fused-ring (bicyclic) bond motifs is 1. The highest BCUT2D eigenvalue weighted by atomic mass is 14.1. The summed E-state index contributed by atoms with van der Waals surface area (Å²) in [6.07, 6.45) is 0. The maximum absolute atomic E-state index is 2.22. The van der Waals surface area contributed by atoms with Crippen molar-refractivity contribution in [2.75, 3.05) is 0 Å². The van der Waals surface area contributed by atoms with E-state index in [0.717, 1.165) is 0 Å². The van der Waals surface area contributed by atoms with Crippen LogP contribution in [0.3, 0.4) is 0 Å². The molecule has 0 nitrogen and oxygen atoms in total. The smallest absolute Gasteiger partial charge is 0.0105 e. The predicted octanol–water partition coefficient (Wildman–Crippen LogP) is 8.14. The van der Waals surface area contributed by atoms with Gasteiger partial charge in [0, 0.05) is 0 Å². The van der Waals surface area contributed by atoms with Crippen LogP contribution < -0.4 is 0 Å². The molecule has 0 amide bonds. The van der Waals surface area contributed by atoms with E-state index in [1.54, 1.807) is 0 Å². The third-order valence-electron chi connectivity index (χ3n) is 4.37. The Morgan fingerprint density at radius 2 is 1.00 bits per heavy atom. The molecule has 4 aromatic rings. The van der Waals surface area contributed by atoms with Crippen molar-refractivity contribution in [1.29, 1.82) is 0 Å². The van der Waals surface area contributed by atoms with E-state index in [1.807, 2.05) is 13.8 Å². The van der Waals surface area contributed by atoms with Crippen LogP contribution in [0.15, 0.2) is 91.0 Å². The normalized spacial score (nSPS) is 9.81. The molecule has 0 N–H and O–H groups in total. The van der Waals surface area contributed by atoms with E-state index in [9.17, 15) is 0 Å². The number of rotatable bonds is 2. The second-order valence-electron chi connectivity index (χ2n) is 5.97. The van der Waals surface area contributed by atoms with Gasteiger partial charge in [-0.15, -0.1) is 0 Å². The van der Waals surface area contributed by atoms with E-state index in [4.69, 9.17) is 0 Å². The summed E-state index contributed by atoms with van der Waals surface area (Å²) in [5.74, 6) is 0. The molecule has 0 unspecified atom stereocenters. The van der Waals surface area contributed by atoms with Crippen molar-refractivity contribution in [2.45, 2.75) is 28.2 Å². The molecule has 4 rings (SSSR count). The predicted molar refractivity (Wildman–Crippen MR) is 118 cm³/mol.